The second kappa shape index (κ2) is 8.65. The number of hydrogen-bond donors (Lipinski definition) is 2. The Hall–Kier alpha value is -2.27. The molecule has 3 aliphatic rings. The van der Waals surface area contributed by atoms with Crippen molar-refractivity contribution in [1.82, 2.24) is 9.21 Å². The van der Waals surface area contributed by atoms with Crippen molar-refractivity contribution in [2.24, 2.45) is 16.6 Å². The monoisotopic (exact) mass is 530 g/mol. The molecule has 2 atom stereocenters. The van der Waals surface area contributed by atoms with Crippen molar-refractivity contribution in [3.8, 4) is 0 Å². The maximum atomic E-state index is 13.5. The maximum Gasteiger partial charge on any atom is 0.256 e. The molecule has 2 bridgehead atoms. The molecule has 1 aromatic carbocycles. The number of nitrogens with zero attached hydrogens (tertiary/aromatic N) is 2. The Morgan fingerprint density at radius 1 is 1.14 bits per heavy atom. The molecular formula is C26H34N4O4S2. The molecule has 2 fully saturated rings. The molecule has 1 aromatic heterocycles. The summed E-state index contributed by atoms with van der Waals surface area (Å²) >= 11 is 1.37. The van der Waals surface area contributed by atoms with Gasteiger partial charge in [0.1, 0.15) is 5.00 Å². The molecule has 1 aliphatic carbocycles. The number of anilines is 1. The third-order valence-corrected chi connectivity index (χ3v) is 10.9. The van der Waals surface area contributed by atoms with Gasteiger partial charge >= 0.3 is 0 Å². The van der Waals surface area contributed by atoms with Gasteiger partial charge in [-0.15, -0.1) is 11.3 Å². The molecular weight excluding hydrogens is 496 g/mol. The van der Waals surface area contributed by atoms with Crippen molar-refractivity contribution in [1.29, 1.82) is 0 Å². The highest BCUT2D eigenvalue weighted by molar-refractivity contribution is 7.89. The number of hydrogen-bond acceptors (Lipinski definition) is 6. The lowest BCUT2D eigenvalue weighted by atomic mass is 9.65. The second-order valence-electron chi connectivity index (χ2n) is 11.8. The number of rotatable bonds is 5. The smallest absolute Gasteiger partial charge is 0.256 e. The highest BCUT2D eigenvalue weighted by Crippen LogP contribution is 2.53. The number of fused-ring (bicyclic) bond motifs is 3. The average molecular weight is 531 g/mol. The Morgan fingerprint density at radius 3 is 2.50 bits per heavy atom. The van der Waals surface area contributed by atoms with Gasteiger partial charge in [0.15, 0.2) is 0 Å². The first-order chi connectivity index (χ1) is 16.8. The molecule has 3 heterocycles. The number of nitrogens with two attached hydrogens (primary N) is 1. The van der Waals surface area contributed by atoms with Gasteiger partial charge in [0.2, 0.25) is 10.0 Å². The van der Waals surface area contributed by atoms with E-state index < -0.39 is 21.8 Å². The van der Waals surface area contributed by atoms with Crippen LogP contribution in [0.15, 0.2) is 29.2 Å². The number of nitrogens with one attached hydrogen (secondary N) is 1. The van der Waals surface area contributed by atoms with Crippen LogP contribution in [-0.4, -0.2) is 55.6 Å². The number of carbonyl (C=O) groups excluding carboxylic acids is 2. The summed E-state index contributed by atoms with van der Waals surface area (Å²) in [4.78, 5) is 28.6. The van der Waals surface area contributed by atoms with Crippen LogP contribution in [0.25, 0.3) is 0 Å². The van der Waals surface area contributed by atoms with Crippen LogP contribution in [0.4, 0.5) is 5.00 Å². The summed E-state index contributed by atoms with van der Waals surface area (Å²) in [6.07, 6.45) is 3.46. The lowest BCUT2D eigenvalue weighted by Crippen LogP contribution is -2.37. The fourth-order valence-corrected chi connectivity index (χ4v) is 9.76. The summed E-state index contributed by atoms with van der Waals surface area (Å²) in [5.74, 6) is -0.957. The highest BCUT2D eigenvalue weighted by atomic mass is 32.2. The second-order valence-corrected chi connectivity index (χ2v) is 14.8. The Morgan fingerprint density at radius 2 is 1.83 bits per heavy atom. The van der Waals surface area contributed by atoms with Gasteiger partial charge in [0, 0.05) is 36.1 Å². The van der Waals surface area contributed by atoms with Gasteiger partial charge in [-0.05, 0) is 73.4 Å². The minimum Gasteiger partial charge on any atom is -0.365 e. The fraction of sp³-hybridized carbons (Fsp3) is 0.538. The van der Waals surface area contributed by atoms with E-state index in [1.165, 1.54) is 35.6 Å². The van der Waals surface area contributed by atoms with Gasteiger partial charge in [-0.3, -0.25) is 9.59 Å². The Balaban J connectivity index is 1.35. The van der Waals surface area contributed by atoms with E-state index in [2.05, 4.69) is 31.0 Å². The van der Waals surface area contributed by atoms with E-state index in [-0.39, 0.29) is 21.8 Å². The molecule has 0 radical (unpaired) electrons. The molecule has 1 saturated heterocycles. The van der Waals surface area contributed by atoms with Gasteiger partial charge in [0.05, 0.1) is 10.5 Å². The molecule has 5 rings (SSSR count). The number of amides is 2. The normalized spacial score (nSPS) is 25.9. The number of thiophene rings is 1. The van der Waals surface area contributed by atoms with Crippen LogP contribution in [-0.2, 0) is 23.0 Å². The number of sulfonamides is 1. The van der Waals surface area contributed by atoms with Gasteiger partial charge in [-0.25, -0.2) is 8.42 Å². The first-order valence-electron chi connectivity index (χ1n) is 12.3. The molecule has 0 spiro atoms. The summed E-state index contributed by atoms with van der Waals surface area (Å²) in [7, 11) is -1.66. The van der Waals surface area contributed by atoms with E-state index in [4.69, 9.17) is 5.73 Å². The van der Waals surface area contributed by atoms with Gasteiger partial charge in [-0.2, -0.15) is 4.31 Å². The quantitative estimate of drug-likeness (QED) is 0.612. The summed E-state index contributed by atoms with van der Waals surface area (Å²) in [5.41, 5.74) is 7.38. The molecule has 2 amide bonds. The van der Waals surface area contributed by atoms with E-state index in [1.54, 1.807) is 4.31 Å². The highest BCUT2D eigenvalue weighted by Gasteiger charge is 2.53. The lowest BCUT2D eigenvalue weighted by molar-refractivity contribution is 0.1000. The van der Waals surface area contributed by atoms with Crippen molar-refractivity contribution in [3.05, 3.63) is 45.8 Å². The molecule has 8 nitrogen and oxygen atoms in total. The zero-order valence-electron chi connectivity index (χ0n) is 21.3. The number of benzene rings is 1. The predicted octanol–water partition coefficient (Wildman–Crippen LogP) is 3.68. The van der Waals surface area contributed by atoms with E-state index in [0.29, 0.717) is 35.6 Å². The molecule has 10 heteroatoms. The summed E-state index contributed by atoms with van der Waals surface area (Å²) in [6.45, 7) is 8.67. The average Bonchev–Trinajstić information content (AvgIpc) is 3.26. The molecule has 2 aliphatic heterocycles. The van der Waals surface area contributed by atoms with E-state index in [9.17, 15) is 18.0 Å². The minimum atomic E-state index is -3.67. The lowest BCUT2D eigenvalue weighted by Gasteiger charge is -2.39. The topological polar surface area (TPSA) is 113 Å². The van der Waals surface area contributed by atoms with Gasteiger partial charge in [0.25, 0.3) is 11.8 Å². The predicted molar refractivity (Wildman–Crippen MR) is 141 cm³/mol. The zero-order valence-corrected chi connectivity index (χ0v) is 22.9. The van der Waals surface area contributed by atoms with Crippen LogP contribution in [0.1, 0.15) is 71.2 Å². The first kappa shape index (κ1) is 25.4. The van der Waals surface area contributed by atoms with Crippen LogP contribution in [0, 0.1) is 10.8 Å². The minimum absolute atomic E-state index is 0.00264. The number of likely N-dealkylation sites (N-methyl/N-ethyl adjacent to an activating group) is 1. The van der Waals surface area contributed by atoms with Crippen LogP contribution in [0.2, 0.25) is 0 Å². The summed E-state index contributed by atoms with van der Waals surface area (Å²) in [5, 5.41) is 3.29. The number of carbonyl (C=O) groups is 2. The van der Waals surface area contributed by atoms with Crippen LogP contribution < -0.4 is 11.1 Å². The molecule has 1 saturated carbocycles. The summed E-state index contributed by atoms with van der Waals surface area (Å²) < 4.78 is 28.7. The SMILES string of the molecule is CN1CCc2c(sc(NC(=O)c3ccc(S(=O)(=O)N4C[C@@]5(C)C[C@@H]4CC(C)(C)C5)cc3)c2C(N)=O)C1. The Labute approximate surface area is 216 Å². The van der Waals surface area contributed by atoms with E-state index in [0.717, 1.165) is 36.2 Å². The van der Waals surface area contributed by atoms with Crippen LogP contribution in [0.3, 0.4) is 0 Å². The zero-order chi connectivity index (χ0) is 26.0. The van der Waals surface area contributed by atoms with Gasteiger partial charge < -0.3 is 16.0 Å². The van der Waals surface area contributed by atoms with Crippen LogP contribution in [0.5, 0.6) is 0 Å². The van der Waals surface area contributed by atoms with Crippen molar-refractivity contribution in [2.45, 2.75) is 63.9 Å². The Bertz CT molecular complexity index is 1330. The van der Waals surface area contributed by atoms with Crippen molar-refractivity contribution < 1.29 is 18.0 Å². The standard InChI is InChI=1S/C26H34N4O4S2/c1-25(2)11-17-12-26(3,14-25)15-30(17)36(33,34)18-7-5-16(6-8-18)23(32)28-24-21(22(27)31)19-9-10-29(4)13-20(19)35-24/h5-8,17H,9-15H2,1-4H3,(H2,27,31)(H,28,32)/t17-,26-/m0/s1. The van der Waals surface area contributed by atoms with Gasteiger partial charge in [-0.1, -0.05) is 20.8 Å². The molecule has 3 N–H and O–H groups in total. The largest absolute Gasteiger partial charge is 0.365 e. The van der Waals surface area contributed by atoms with Crippen LogP contribution >= 0.6 is 11.3 Å². The van der Waals surface area contributed by atoms with E-state index >= 15 is 0 Å². The Kier molecular flexibility index (Phi) is 6.10. The molecule has 36 heavy (non-hydrogen) atoms. The fourth-order valence-electron chi connectivity index (χ4n) is 6.66. The number of primary amides is 1. The summed E-state index contributed by atoms with van der Waals surface area (Å²) in [6, 6.07) is 6.07. The maximum absolute atomic E-state index is 13.5. The third kappa shape index (κ3) is 4.49. The molecule has 2 aromatic rings. The third-order valence-electron chi connectivity index (χ3n) is 7.81. The van der Waals surface area contributed by atoms with E-state index in [1.807, 2.05) is 7.05 Å². The van der Waals surface area contributed by atoms with Crippen molar-refractivity contribution >= 4 is 38.2 Å². The first-order valence-corrected chi connectivity index (χ1v) is 14.6. The molecule has 194 valence electrons. The molecule has 0 unspecified atom stereocenters. The van der Waals surface area contributed by atoms with Crippen molar-refractivity contribution in [2.75, 3.05) is 25.5 Å². The van der Waals surface area contributed by atoms with Crippen molar-refractivity contribution in [3.63, 3.8) is 0 Å².